The van der Waals surface area contributed by atoms with Crippen molar-refractivity contribution >= 4 is 10.4 Å². The van der Waals surface area contributed by atoms with Crippen molar-refractivity contribution in [2.75, 3.05) is 20.2 Å². The van der Waals surface area contributed by atoms with E-state index < -0.39 is 10.4 Å². The average molecular weight is 313 g/mol. The second kappa shape index (κ2) is 10.3. The summed E-state index contributed by atoms with van der Waals surface area (Å²) in [6, 6.07) is 10.9. The molecule has 0 amide bonds. The van der Waals surface area contributed by atoms with Crippen LogP contribution in [0.2, 0.25) is 0 Å². The van der Waals surface area contributed by atoms with Crippen LogP contribution in [0.1, 0.15) is 18.5 Å². The molecular formula is C15H23NO4S. The van der Waals surface area contributed by atoms with Crippen molar-refractivity contribution in [1.29, 1.82) is 0 Å². The van der Waals surface area contributed by atoms with Gasteiger partial charge in [-0.05, 0) is 12.5 Å². The van der Waals surface area contributed by atoms with Gasteiger partial charge in [0.15, 0.2) is 0 Å². The first-order valence-electron chi connectivity index (χ1n) is 6.39. The van der Waals surface area contributed by atoms with Crippen molar-refractivity contribution in [1.82, 2.24) is 4.90 Å². The molecule has 21 heavy (non-hydrogen) atoms. The lowest BCUT2D eigenvalue weighted by Crippen LogP contribution is -2.27. The van der Waals surface area contributed by atoms with E-state index in [0.717, 1.165) is 20.2 Å². The minimum absolute atomic E-state index is 0.405. The van der Waals surface area contributed by atoms with Gasteiger partial charge in [-0.25, -0.2) is 0 Å². The molecule has 1 N–H and O–H groups in total. The van der Waals surface area contributed by atoms with Gasteiger partial charge in [0.2, 0.25) is 0 Å². The molecule has 0 aliphatic rings. The van der Waals surface area contributed by atoms with Gasteiger partial charge in [-0.2, -0.15) is 8.42 Å². The topological polar surface area (TPSA) is 66.8 Å². The molecule has 0 aliphatic carbocycles. The molecule has 0 aromatic heterocycles. The number of hydrogen-bond donors (Lipinski definition) is 1. The van der Waals surface area contributed by atoms with Crippen LogP contribution in [0, 0.1) is 0 Å². The van der Waals surface area contributed by atoms with Gasteiger partial charge in [0, 0.05) is 19.1 Å². The molecule has 0 spiro atoms. The van der Waals surface area contributed by atoms with Gasteiger partial charge >= 0.3 is 10.4 Å². The number of rotatable bonds is 7. The lowest BCUT2D eigenvalue weighted by atomic mass is 10.1. The van der Waals surface area contributed by atoms with Crippen LogP contribution in [-0.2, 0) is 14.6 Å². The lowest BCUT2D eigenvalue weighted by Gasteiger charge is -2.27. The van der Waals surface area contributed by atoms with E-state index in [1.54, 1.807) is 0 Å². The molecule has 5 nitrogen and oxygen atoms in total. The summed E-state index contributed by atoms with van der Waals surface area (Å²) in [5.41, 5.74) is 1.33. The van der Waals surface area contributed by atoms with E-state index in [-0.39, 0.29) is 0 Å². The van der Waals surface area contributed by atoms with Crippen molar-refractivity contribution in [3.63, 3.8) is 0 Å². The van der Waals surface area contributed by atoms with Gasteiger partial charge in [0.05, 0.1) is 7.11 Å². The van der Waals surface area contributed by atoms with Gasteiger partial charge in [-0.1, -0.05) is 42.5 Å². The van der Waals surface area contributed by atoms with Crippen molar-refractivity contribution in [3.8, 4) is 0 Å². The number of nitrogens with zero attached hydrogens (tertiary/aromatic N) is 1. The smallest absolute Gasteiger partial charge is 0.289 e. The lowest BCUT2D eigenvalue weighted by molar-refractivity contribution is 0.260. The van der Waals surface area contributed by atoms with Crippen LogP contribution in [0.15, 0.2) is 55.6 Å². The summed E-state index contributed by atoms with van der Waals surface area (Å²) in [4.78, 5) is 2.33. The van der Waals surface area contributed by atoms with Gasteiger partial charge in [-0.15, -0.1) is 13.2 Å². The van der Waals surface area contributed by atoms with Crippen LogP contribution in [0.3, 0.4) is 0 Å². The Morgan fingerprint density at radius 3 is 2.00 bits per heavy atom. The molecule has 1 unspecified atom stereocenters. The molecule has 0 radical (unpaired) electrons. The van der Waals surface area contributed by atoms with Crippen molar-refractivity contribution < 1.29 is 17.2 Å². The Labute approximate surface area is 127 Å². The highest BCUT2D eigenvalue weighted by molar-refractivity contribution is 7.80. The molecule has 0 heterocycles. The zero-order chi connectivity index (χ0) is 16.3. The highest BCUT2D eigenvalue weighted by atomic mass is 32.3. The Morgan fingerprint density at radius 2 is 1.67 bits per heavy atom. The zero-order valence-electron chi connectivity index (χ0n) is 12.5. The fourth-order valence-corrected chi connectivity index (χ4v) is 1.66. The summed E-state index contributed by atoms with van der Waals surface area (Å²) < 4.78 is 29.7. The SMILES string of the molecule is C=CCN(CC=C)C(C)c1ccccc1.COS(=O)(=O)O. The largest absolute Gasteiger partial charge is 0.397 e. The third-order valence-corrected chi connectivity index (χ3v) is 3.19. The number of hydrogen-bond acceptors (Lipinski definition) is 4. The second-order valence-electron chi connectivity index (χ2n) is 4.21. The van der Waals surface area contributed by atoms with Gasteiger partial charge in [0.1, 0.15) is 0 Å². The first-order valence-corrected chi connectivity index (χ1v) is 7.76. The fraction of sp³-hybridized carbons (Fsp3) is 0.333. The summed E-state index contributed by atoms with van der Waals surface area (Å²) in [7, 11) is -3.29. The Hall–Kier alpha value is -1.47. The summed E-state index contributed by atoms with van der Waals surface area (Å²) >= 11 is 0. The van der Waals surface area contributed by atoms with Crippen LogP contribution < -0.4 is 0 Å². The van der Waals surface area contributed by atoms with Crippen LogP contribution in [-0.4, -0.2) is 38.1 Å². The molecule has 1 aromatic carbocycles. The molecule has 1 aromatic rings. The molecular weight excluding hydrogens is 290 g/mol. The van der Waals surface area contributed by atoms with E-state index in [4.69, 9.17) is 4.55 Å². The minimum Gasteiger partial charge on any atom is -0.289 e. The summed E-state index contributed by atoms with van der Waals surface area (Å²) in [5, 5.41) is 0. The quantitative estimate of drug-likeness (QED) is 0.619. The third-order valence-electron chi connectivity index (χ3n) is 2.77. The summed E-state index contributed by atoms with van der Waals surface area (Å²) in [6.07, 6.45) is 3.87. The van der Waals surface area contributed by atoms with Crippen LogP contribution in [0.5, 0.6) is 0 Å². The normalized spacial score (nSPS) is 12.2. The Kier molecular flexibility index (Phi) is 9.56. The molecule has 0 aliphatic heterocycles. The van der Waals surface area contributed by atoms with Crippen LogP contribution in [0.4, 0.5) is 0 Å². The van der Waals surface area contributed by atoms with Crippen molar-refractivity contribution in [3.05, 3.63) is 61.2 Å². The Morgan fingerprint density at radius 1 is 1.24 bits per heavy atom. The predicted octanol–water partition coefficient (Wildman–Crippen LogP) is 2.86. The average Bonchev–Trinajstić information content (AvgIpc) is 2.47. The third kappa shape index (κ3) is 9.14. The Balaban J connectivity index is 0.000000567. The minimum atomic E-state index is -4.16. The molecule has 0 saturated heterocycles. The number of benzene rings is 1. The van der Waals surface area contributed by atoms with Crippen molar-refractivity contribution in [2.24, 2.45) is 0 Å². The molecule has 0 bridgehead atoms. The highest BCUT2D eigenvalue weighted by Gasteiger charge is 2.12. The molecule has 1 rings (SSSR count). The van der Waals surface area contributed by atoms with Gasteiger partial charge < -0.3 is 0 Å². The standard InChI is InChI=1S/C14H19N.CH4O4S/c1-4-11-15(12-5-2)13(3)14-9-7-6-8-10-14;1-5-6(2,3)4/h4-10,13H,1-2,11-12H2,3H3;1H3,(H,2,3,4). The highest BCUT2D eigenvalue weighted by Crippen LogP contribution is 2.19. The van der Waals surface area contributed by atoms with Crippen molar-refractivity contribution in [2.45, 2.75) is 13.0 Å². The maximum atomic E-state index is 9.33. The molecule has 1 atom stereocenters. The van der Waals surface area contributed by atoms with E-state index in [9.17, 15) is 8.42 Å². The maximum absolute atomic E-state index is 9.33. The maximum Gasteiger partial charge on any atom is 0.397 e. The van der Waals surface area contributed by atoms with E-state index in [1.807, 2.05) is 18.2 Å². The van der Waals surface area contributed by atoms with Crippen LogP contribution in [0.25, 0.3) is 0 Å². The molecule has 0 saturated carbocycles. The first kappa shape index (κ1) is 19.5. The monoisotopic (exact) mass is 313 g/mol. The fourth-order valence-electron chi connectivity index (χ4n) is 1.66. The second-order valence-corrected chi connectivity index (χ2v) is 5.40. The van der Waals surface area contributed by atoms with Gasteiger partial charge in [-0.3, -0.25) is 13.6 Å². The molecule has 6 heteroatoms. The molecule has 118 valence electrons. The summed E-state index contributed by atoms with van der Waals surface area (Å²) in [6.45, 7) is 11.6. The molecule has 0 fully saturated rings. The Bertz CT molecular complexity index is 504. The first-order chi connectivity index (χ1) is 9.85. The summed E-state index contributed by atoms with van der Waals surface area (Å²) in [5.74, 6) is 0. The van der Waals surface area contributed by atoms with E-state index in [1.165, 1.54) is 5.56 Å². The van der Waals surface area contributed by atoms with E-state index >= 15 is 0 Å². The van der Waals surface area contributed by atoms with Gasteiger partial charge in [0.25, 0.3) is 0 Å². The zero-order valence-corrected chi connectivity index (χ0v) is 13.3. The van der Waals surface area contributed by atoms with Crippen LogP contribution >= 0.6 is 0 Å². The van der Waals surface area contributed by atoms with E-state index in [2.05, 4.69) is 53.4 Å². The van der Waals surface area contributed by atoms with E-state index in [0.29, 0.717) is 6.04 Å². The predicted molar refractivity (Wildman–Crippen MR) is 85.4 cm³/mol.